The van der Waals surface area contributed by atoms with Crippen LogP contribution < -0.4 is 10.6 Å². The minimum atomic E-state index is -0.850. The number of benzene rings is 2. The first-order chi connectivity index (χ1) is 12.1. The molecule has 1 amide bonds. The quantitative estimate of drug-likeness (QED) is 0.754. The fourth-order valence-corrected chi connectivity index (χ4v) is 3.80. The Hall–Kier alpha value is -1.63. The molecule has 0 saturated carbocycles. The number of hydrogen-bond donors (Lipinski definition) is 2. The van der Waals surface area contributed by atoms with Crippen molar-refractivity contribution in [2.45, 2.75) is 23.3 Å². The van der Waals surface area contributed by atoms with Crippen molar-refractivity contribution in [2.75, 3.05) is 18.8 Å². The smallest absolute Gasteiger partial charge is 0.230 e. The number of halogens is 3. The van der Waals surface area contributed by atoms with Gasteiger partial charge in [0.25, 0.3) is 0 Å². The number of rotatable bonds is 5. The van der Waals surface area contributed by atoms with Gasteiger partial charge in [-0.2, -0.15) is 0 Å². The molecule has 0 aromatic heterocycles. The number of hydrogen-bond acceptors (Lipinski definition) is 3. The van der Waals surface area contributed by atoms with Crippen LogP contribution in [0.2, 0.25) is 0 Å². The Morgan fingerprint density at radius 1 is 1.15 bits per heavy atom. The molecule has 2 atom stereocenters. The van der Waals surface area contributed by atoms with Crippen LogP contribution in [0.4, 0.5) is 8.78 Å². The molecular formula is C19H21ClF2N2OS. The average molecular weight is 399 g/mol. The normalized spacial score (nSPS) is 19.5. The molecule has 1 saturated heterocycles. The van der Waals surface area contributed by atoms with E-state index in [1.54, 1.807) is 6.07 Å². The third-order valence-corrected chi connectivity index (χ3v) is 5.33. The van der Waals surface area contributed by atoms with Crippen molar-refractivity contribution in [3.63, 3.8) is 0 Å². The number of nitrogens with one attached hydrogen (secondary N) is 2. The maximum atomic E-state index is 13.6. The lowest BCUT2D eigenvalue weighted by Gasteiger charge is -2.33. The highest BCUT2D eigenvalue weighted by atomic mass is 35.5. The van der Waals surface area contributed by atoms with Gasteiger partial charge in [0.05, 0.1) is 5.75 Å². The van der Waals surface area contributed by atoms with Gasteiger partial charge in [0.2, 0.25) is 5.91 Å². The maximum absolute atomic E-state index is 13.6. The highest BCUT2D eigenvalue weighted by Crippen LogP contribution is 2.27. The molecule has 1 heterocycles. The zero-order chi connectivity index (χ0) is 17.6. The Kier molecular flexibility index (Phi) is 7.87. The van der Waals surface area contributed by atoms with Crippen molar-refractivity contribution in [1.82, 2.24) is 10.6 Å². The van der Waals surface area contributed by atoms with E-state index in [9.17, 15) is 13.6 Å². The highest BCUT2D eigenvalue weighted by Gasteiger charge is 2.28. The first kappa shape index (κ1) is 20.7. The molecule has 3 nitrogen and oxygen atoms in total. The van der Waals surface area contributed by atoms with Crippen LogP contribution in [-0.4, -0.2) is 30.8 Å². The summed E-state index contributed by atoms with van der Waals surface area (Å²) in [5, 5.41) is 6.28. The second kappa shape index (κ2) is 9.90. The summed E-state index contributed by atoms with van der Waals surface area (Å²) >= 11 is 1.48. The monoisotopic (exact) mass is 398 g/mol. The van der Waals surface area contributed by atoms with Gasteiger partial charge in [-0.1, -0.05) is 24.3 Å². The molecule has 1 fully saturated rings. The first-order valence-electron chi connectivity index (χ1n) is 8.26. The maximum Gasteiger partial charge on any atom is 0.230 e. The van der Waals surface area contributed by atoms with Crippen molar-refractivity contribution < 1.29 is 13.6 Å². The summed E-state index contributed by atoms with van der Waals surface area (Å²) in [5.41, 5.74) is 0.724. The third kappa shape index (κ3) is 5.43. The molecule has 2 N–H and O–H groups in total. The number of piperidine rings is 1. The molecule has 7 heteroatoms. The highest BCUT2D eigenvalue weighted by molar-refractivity contribution is 8.00. The largest absolute Gasteiger partial charge is 0.351 e. The molecule has 0 aliphatic carbocycles. The van der Waals surface area contributed by atoms with E-state index in [2.05, 4.69) is 10.6 Å². The van der Waals surface area contributed by atoms with Gasteiger partial charge in [-0.25, -0.2) is 8.78 Å². The van der Waals surface area contributed by atoms with Crippen LogP contribution in [0.25, 0.3) is 0 Å². The molecule has 26 heavy (non-hydrogen) atoms. The summed E-state index contributed by atoms with van der Waals surface area (Å²) in [4.78, 5) is 13.3. The third-order valence-electron chi connectivity index (χ3n) is 4.31. The van der Waals surface area contributed by atoms with Crippen LogP contribution in [0.3, 0.4) is 0 Å². The van der Waals surface area contributed by atoms with Crippen LogP contribution in [0, 0.1) is 11.6 Å². The van der Waals surface area contributed by atoms with Crippen molar-refractivity contribution in [1.29, 1.82) is 0 Å². The lowest BCUT2D eigenvalue weighted by molar-refractivity contribution is -0.119. The topological polar surface area (TPSA) is 41.1 Å². The minimum absolute atomic E-state index is 0. The predicted octanol–water partition coefficient (Wildman–Crippen LogP) is 3.74. The van der Waals surface area contributed by atoms with E-state index in [1.165, 1.54) is 17.8 Å². The van der Waals surface area contributed by atoms with E-state index in [0.29, 0.717) is 12.3 Å². The van der Waals surface area contributed by atoms with E-state index in [0.717, 1.165) is 29.5 Å². The summed E-state index contributed by atoms with van der Waals surface area (Å²) in [7, 11) is 0. The van der Waals surface area contributed by atoms with Gasteiger partial charge in [0, 0.05) is 23.4 Å². The van der Waals surface area contributed by atoms with Gasteiger partial charge < -0.3 is 10.6 Å². The standard InChI is InChI=1S/C19H20F2N2OS.ClH/c20-16-7-6-13(10-17(16)21)15-8-9-22-11-18(15)23-19(24)12-25-14-4-2-1-3-5-14;/h1-7,10,15,18,22H,8-9,11-12H2,(H,23,24);1H. The fourth-order valence-electron chi connectivity index (χ4n) is 3.07. The second-order valence-electron chi connectivity index (χ2n) is 6.05. The van der Waals surface area contributed by atoms with Gasteiger partial charge in [-0.05, 0) is 42.8 Å². The molecular weight excluding hydrogens is 378 g/mol. The van der Waals surface area contributed by atoms with Crippen molar-refractivity contribution >= 4 is 30.1 Å². The molecule has 0 radical (unpaired) electrons. The molecule has 0 spiro atoms. The number of amides is 1. The first-order valence-corrected chi connectivity index (χ1v) is 9.25. The molecule has 2 aromatic rings. The number of carbonyl (C=O) groups is 1. The molecule has 2 aromatic carbocycles. The number of carbonyl (C=O) groups excluding carboxylic acids is 1. The lowest BCUT2D eigenvalue weighted by Crippen LogP contribution is -2.50. The number of thioether (sulfide) groups is 1. The van der Waals surface area contributed by atoms with Crippen LogP contribution in [0.15, 0.2) is 53.4 Å². The molecule has 0 bridgehead atoms. The van der Waals surface area contributed by atoms with Crippen LogP contribution in [0.1, 0.15) is 17.9 Å². The van der Waals surface area contributed by atoms with Crippen LogP contribution >= 0.6 is 24.2 Å². The van der Waals surface area contributed by atoms with Crippen molar-refractivity contribution in [2.24, 2.45) is 0 Å². The van der Waals surface area contributed by atoms with Gasteiger partial charge in [-0.15, -0.1) is 24.2 Å². The molecule has 140 valence electrons. The van der Waals surface area contributed by atoms with Gasteiger partial charge in [0.15, 0.2) is 11.6 Å². The van der Waals surface area contributed by atoms with E-state index in [1.807, 2.05) is 30.3 Å². The predicted molar refractivity (Wildman–Crippen MR) is 103 cm³/mol. The van der Waals surface area contributed by atoms with Crippen LogP contribution in [-0.2, 0) is 4.79 Å². The lowest BCUT2D eigenvalue weighted by atomic mass is 9.86. The Bertz CT molecular complexity index is 733. The fraction of sp³-hybridized carbons (Fsp3) is 0.316. The molecule has 1 aliphatic heterocycles. The zero-order valence-corrected chi connectivity index (χ0v) is 15.7. The summed E-state index contributed by atoms with van der Waals surface area (Å²) in [6, 6.07) is 13.6. The second-order valence-corrected chi connectivity index (χ2v) is 7.10. The SMILES string of the molecule is Cl.O=C(CSc1ccccc1)NC1CNCCC1c1ccc(F)c(F)c1. The van der Waals surface area contributed by atoms with Crippen molar-refractivity contribution in [3.8, 4) is 0 Å². The average Bonchev–Trinajstić information content (AvgIpc) is 2.64. The zero-order valence-electron chi connectivity index (χ0n) is 14.1. The van der Waals surface area contributed by atoms with Gasteiger partial charge >= 0.3 is 0 Å². The summed E-state index contributed by atoms with van der Waals surface area (Å²) in [6.07, 6.45) is 0.766. The van der Waals surface area contributed by atoms with E-state index < -0.39 is 11.6 Å². The molecule has 2 unspecified atom stereocenters. The Labute approximate surface area is 162 Å². The van der Waals surface area contributed by atoms with Gasteiger partial charge in [0.1, 0.15) is 0 Å². The van der Waals surface area contributed by atoms with E-state index >= 15 is 0 Å². The van der Waals surface area contributed by atoms with Crippen molar-refractivity contribution in [3.05, 3.63) is 65.7 Å². The Balaban J connectivity index is 0.00000243. The van der Waals surface area contributed by atoms with E-state index in [4.69, 9.17) is 0 Å². The van der Waals surface area contributed by atoms with Gasteiger partial charge in [-0.3, -0.25) is 4.79 Å². The Morgan fingerprint density at radius 3 is 2.65 bits per heavy atom. The summed E-state index contributed by atoms with van der Waals surface area (Å²) in [5.74, 6) is -1.46. The minimum Gasteiger partial charge on any atom is -0.351 e. The Morgan fingerprint density at radius 2 is 1.92 bits per heavy atom. The van der Waals surface area contributed by atoms with E-state index in [-0.39, 0.29) is 30.3 Å². The summed E-state index contributed by atoms with van der Waals surface area (Å²) < 4.78 is 26.7. The summed E-state index contributed by atoms with van der Waals surface area (Å²) in [6.45, 7) is 1.40. The molecule has 1 aliphatic rings. The van der Waals surface area contributed by atoms with Crippen LogP contribution in [0.5, 0.6) is 0 Å². The molecule has 3 rings (SSSR count).